The van der Waals surface area contributed by atoms with Gasteiger partial charge in [-0.05, 0) is 23.8 Å². The van der Waals surface area contributed by atoms with Crippen molar-refractivity contribution >= 4 is 16.8 Å². The fraction of sp³-hybridized carbons (Fsp3) is 0.438. The fourth-order valence-corrected chi connectivity index (χ4v) is 2.71. The number of amides is 1. The van der Waals surface area contributed by atoms with Gasteiger partial charge in [0.25, 0.3) is 0 Å². The number of fused-ring (bicyclic) bond motifs is 1. The largest absolute Gasteiger partial charge is 0.379 e. The van der Waals surface area contributed by atoms with Crippen molar-refractivity contribution in [3.63, 3.8) is 0 Å². The third kappa shape index (κ3) is 3.64. The molecular weight excluding hydrogens is 285 g/mol. The molecule has 1 aliphatic heterocycles. The van der Waals surface area contributed by atoms with Gasteiger partial charge in [-0.2, -0.15) is 0 Å². The Labute approximate surface area is 128 Å². The maximum Gasteiger partial charge on any atom is 0.224 e. The van der Waals surface area contributed by atoms with Gasteiger partial charge in [0, 0.05) is 43.3 Å². The summed E-state index contributed by atoms with van der Waals surface area (Å²) in [6.07, 6.45) is 2.03. The van der Waals surface area contributed by atoms with E-state index in [1.807, 2.05) is 0 Å². The van der Waals surface area contributed by atoms with Crippen LogP contribution in [0.25, 0.3) is 10.9 Å². The first-order chi connectivity index (χ1) is 10.7. The maximum atomic E-state index is 13.3. The van der Waals surface area contributed by atoms with Crippen LogP contribution >= 0.6 is 0 Å². The van der Waals surface area contributed by atoms with E-state index in [1.165, 1.54) is 12.1 Å². The Balaban J connectivity index is 1.51. The molecule has 0 radical (unpaired) electrons. The lowest BCUT2D eigenvalue weighted by atomic mass is 10.1. The maximum absolute atomic E-state index is 13.3. The average Bonchev–Trinajstić information content (AvgIpc) is 2.90. The molecule has 6 heteroatoms. The fourth-order valence-electron chi connectivity index (χ4n) is 2.71. The molecule has 1 amide bonds. The lowest BCUT2D eigenvalue weighted by Gasteiger charge is -2.26. The molecule has 1 aromatic heterocycles. The molecule has 0 spiro atoms. The Morgan fingerprint density at radius 1 is 1.36 bits per heavy atom. The predicted molar refractivity (Wildman–Crippen MR) is 82.2 cm³/mol. The van der Waals surface area contributed by atoms with Crippen LogP contribution in [0.2, 0.25) is 0 Å². The first-order valence-electron chi connectivity index (χ1n) is 7.55. The molecule has 0 aliphatic carbocycles. The molecule has 1 aliphatic rings. The van der Waals surface area contributed by atoms with Gasteiger partial charge in [-0.3, -0.25) is 9.69 Å². The average molecular weight is 305 g/mol. The number of carbonyl (C=O) groups is 1. The van der Waals surface area contributed by atoms with E-state index in [0.29, 0.717) is 6.54 Å². The van der Waals surface area contributed by atoms with E-state index in [0.717, 1.165) is 49.3 Å². The SMILES string of the molecule is O=C(Cc1c[nH]c2ccc(F)cc12)NCCN1CCOCC1. The molecule has 22 heavy (non-hydrogen) atoms. The molecule has 2 N–H and O–H groups in total. The summed E-state index contributed by atoms with van der Waals surface area (Å²) in [7, 11) is 0. The number of hydrogen-bond donors (Lipinski definition) is 2. The van der Waals surface area contributed by atoms with E-state index in [2.05, 4.69) is 15.2 Å². The lowest BCUT2D eigenvalue weighted by molar-refractivity contribution is -0.120. The van der Waals surface area contributed by atoms with Crippen molar-refractivity contribution in [3.8, 4) is 0 Å². The molecule has 0 bridgehead atoms. The molecule has 3 rings (SSSR count). The van der Waals surface area contributed by atoms with Crippen LogP contribution in [0.15, 0.2) is 24.4 Å². The van der Waals surface area contributed by atoms with Gasteiger partial charge in [-0.15, -0.1) is 0 Å². The molecule has 2 heterocycles. The van der Waals surface area contributed by atoms with E-state index < -0.39 is 0 Å². The summed E-state index contributed by atoms with van der Waals surface area (Å²) >= 11 is 0. The van der Waals surface area contributed by atoms with E-state index >= 15 is 0 Å². The summed E-state index contributed by atoms with van der Waals surface area (Å²) in [6.45, 7) is 4.80. The van der Waals surface area contributed by atoms with Gasteiger partial charge in [0.1, 0.15) is 5.82 Å². The highest BCUT2D eigenvalue weighted by molar-refractivity contribution is 5.88. The Bertz CT molecular complexity index is 650. The first-order valence-corrected chi connectivity index (χ1v) is 7.55. The number of hydrogen-bond acceptors (Lipinski definition) is 3. The number of nitrogens with zero attached hydrogens (tertiary/aromatic N) is 1. The molecule has 0 atom stereocenters. The highest BCUT2D eigenvalue weighted by Crippen LogP contribution is 2.19. The van der Waals surface area contributed by atoms with Crippen molar-refractivity contribution in [2.24, 2.45) is 0 Å². The third-order valence-corrected chi connectivity index (χ3v) is 3.93. The zero-order chi connectivity index (χ0) is 15.4. The minimum Gasteiger partial charge on any atom is -0.379 e. The van der Waals surface area contributed by atoms with E-state index in [9.17, 15) is 9.18 Å². The summed E-state index contributed by atoms with van der Waals surface area (Å²) in [5.74, 6) is -0.334. The van der Waals surface area contributed by atoms with Crippen molar-refractivity contribution in [2.75, 3.05) is 39.4 Å². The van der Waals surface area contributed by atoms with Gasteiger partial charge in [0.2, 0.25) is 5.91 Å². The molecule has 0 unspecified atom stereocenters. The normalized spacial score (nSPS) is 16.0. The number of ether oxygens (including phenoxy) is 1. The van der Waals surface area contributed by atoms with Crippen molar-refractivity contribution in [3.05, 3.63) is 35.8 Å². The van der Waals surface area contributed by atoms with Gasteiger partial charge in [-0.1, -0.05) is 0 Å². The molecule has 118 valence electrons. The van der Waals surface area contributed by atoms with Gasteiger partial charge < -0.3 is 15.0 Å². The lowest BCUT2D eigenvalue weighted by Crippen LogP contribution is -2.41. The highest BCUT2D eigenvalue weighted by Gasteiger charge is 2.12. The quantitative estimate of drug-likeness (QED) is 0.875. The van der Waals surface area contributed by atoms with E-state index in [1.54, 1.807) is 12.3 Å². The monoisotopic (exact) mass is 305 g/mol. The zero-order valence-corrected chi connectivity index (χ0v) is 12.4. The number of aromatic amines is 1. The Morgan fingerprint density at radius 3 is 3.00 bits per heavy atom. The Kier molecular flexibility index (Phi) is 4.70. The molecule has 1 aromatic carbocycles. The van der Waals surface area contributed by atoms with Crippen LogP contribution < -0.4 is 5.32 Å². The van der Waals surface area contributed by atoms with Gasteiger partial charge in [-0.25, -0.2) is 4.39 Å². The van der Waals surface area contributed by atoms with Crippen LogP contribution in [-0.2, 0) is 16.0 Å². The van der Waals surface area contributed by atoms with Crippen LogP contribution in [0.3, 0.4) is 0 Å². The van der Waals surface area contributed by atoms with Crippen molar-refractivity contribution in [1.29, 1.82) is 0 Å². The van der Waals surface area contributed by atoms with Crippen LogP contribution in [0.4, 0.5) is 4.39 Å². The molecule has 5 nitrogen and oxygen atoms in total. The minimum absolute atomic E-state index is 0.0431. The summed E-state index contributed by atoms with van der Waals surface area (Å²) in [6, 6.07) is 4.55. The standard InChI is InChI=1S/C16H20FN3O2/c17-13-1-2-15-14(10-13)12(11-19-15)9-16(21)18-3-4-20-5-7-22-8-6-20/h1-2,10-11,19H,3-9H2,(H,18,21). The Hall–Kier alpha value is -1.92. The molecule has 1 saturated heterocycles. The highest BCUT2D eigenvalue weighted by atomic mass is 19.1. The second-order valence-electron chi connectivity index (χ2n) is 5.48. The number of aromatic nitrogens is 1. The summed E-state index contributed by atoms with van der Waals surface area (Å²) in [4.78, 5) is 17.3. The third-order valence-electron chi connectivity index (χ3n) is 3.93. The van der Waals surface area contributed by atoms with Crippen LogP contribution in [-0.4, -0.2) is 55.2 Å². The number of halogens is 1. The second kappa shape index (κ2) is 6.89. The number of H-pyrrole nitrogens is 1. The van der Waals surface area contributed by atoms with Crippen LogP contribution in [0.5, 0.6) is 0 Å². The Morgan fingerprint density at radius 2 is 2.18 bits per heavy atom. The number of rotatable bonds is 5. The smallest absolute Gasteiger partial charge is 0.224 e. The number of nitrogens with one attached hydrogen (secondary N) is 2. The molecular formula is C16H20FN3O2. The summed E-state index contributed by atoms with van der Waals surface area (Å²) in [5, 5.41) is 3.69. The van der Waals surface area contributed by atoms with Crippen LogP contribution in [0.1, 0.15) is 5.56 Å². The van der Waals surface area contributed by atoms with Crippen LogP contribution in [0, 0.1) is 5.82 Å². The first kappa shape index (κ1) is 15.0. The minimum atomic E-state index is -0.291. The number of carbonyl (C=O) groups excluding carboxylic acids is 1. The van der Waals surface area contributed by atoms with Crippen molar-refractivity contribution in [2.45, 2.75) is 6.42 Å². The molecule has 2 aromatic rings. The van der Waals surface area contributed by atoms with E-state index in [-0.39, 0.29) is 18.1 Å². The summed E-state index contributed by atoms with van der Waals surface area (Å²) < 4.78 is 18.6. The predicted octanol–water partition coefficient (Wildman–Crippen LogP) is 1.30. The van der Waals surface area contributed by atoms with Crippen molar-refractivity contribution in [1.82, 2.24) is 15.2 Å². The zero-order valence-electron chi connectivity index (χ0n) is 12.4. The van der Waals surface area contributed by atoms with Gasteiger partial charge in [0.05, 0.1) is 19.6 Å². The van der Waals surface area contributed by atoms with Gasteiger partial charge in [0.15, 0.2) is 0 Å². The topological polar surface area (TPSA) is 57.4 Å². The number of morpholine rings is 1. The molecule has 0 saturated carbocycles. The van der Waals surface area contributed by atoms with E-state index in [4.69, 9.17) is 4.74 Å². The second-order valence-corrected chi connectivity index (χ2v) is 5.48. The molecule has 1 fully saturated rings. The van der Waals surface area contributed by atoms with Crippen molar-refractivity contribution < 1.29 is 13.9 Å². The summed E-state index contributed by atoms with van der Waals surface area (Å²) in [5.41, 5.74) is 1.66. The number of benzene rings is 1. The van der Waals surface area contributed by atoms with Gasteiger partial charge >= 0.3 is 0 Å².